The molecule has 0 spiro atoms. The van der Waals surface area contributed by atoms with Crippen molar-refractivity contribution in [3.05, 3.63) is 35.4 Å². The first-order valence-corrected chi connectivity index (χ1v) is 10.2. The number of aromatic carboxylic acids is 1. The van der Waals surface area contributed by atoms with Crippen molar-refractivity contribution in [2.24, 2.45) is 11.8 Å². The number of likely N-dealkylation sites (tertiary alicyclic amines) is 1. The third-order valence-corrected chi connectivity index (χ3v) is 6.18. The molecule has 3 rings (SSSR count). The van der Waals surface area contributed by atoms with Gasteiger partial charge in [0.25, 0.3) is 0 Å². The number of rotatable bonds is 6. The van der Waals surface area contributed by atoms with Crippen LogP contribution in [0.25, 0.3) is 0 Å². The van der Waals surface area contributed by atoms with Crippen LogP contribution in [0, 0.1) is 11.8 Å². The summed E-state index contributed by atoms with van der Waals surface area (Å²) in [6.45, 7) is 3.89. The van der Waals surface area contributed by atoms with Crippen molar-refractivity contribution in [2.75, 3.05) is 19.7 Å². The highest BCUT2D eigenvalue weighted by Crippen LogP contribution is 2.27. The summed E-state index contributed by atoms with van der Waals surface area (Å²) >= 11 is 0. The predicted octanol–water partition coefficient (Wildman–Crippen LogP) is 3.76. The molecule has 1 aliphatic heterocycles. The summed E-state index contributed by atoms with van der Waals surface area (Å²) in [7, 11) is 0. The molecule has 1 saturated heterocycles. The van der Waals surface area contributed by atoms with E-state index in [-0.39, 0.29) is 18.6 Å². The normalized spacial score (nSPS) is 24.0. The van der Waals surface area contributed by atoms with Crippen molar-refractivity contribution in [1.82, 2.24) is 4.90 Å². The molecule has 1 amide bonds. The van der Waals surface area contributed by atoms with Crippen molar-refractivity contribution in [3.8, 4) is 0 Å². The molecular formula is C22H31NO4. The van der Waals surface area contributed by atoms with Crippen LogP contribution in [-0.4, -0.2) is 47.7 Å². The van der Waals surface area contributed by atoms with E-state index in [1.54, 1.807) is 12.1 Å². The smallest absolute Gasteiger partial charge is 0.335 e. The molecule has 2 unspecified atom stereocenters. The standard InChI is InChI=1S/C22H31NO4/c1-16-6-2-5-9-20(16)27-15-21(24)23-12-10-17(11-13-23)14-18-7-3-4-8-19(18)22(25)26/h3-4,7-8,16-17,20H,2,5-6,9-15H2,1H3,(H,25,26). The molecule has 1 aromatic carbocycles. The van der Waals surface area contributed by atoms with Crippen LogP contribution in [0.4, 0.5) is 0 Å². The highest BCUT2D eigenvalue weighted by atomic mass is 16.5. The molecule has 0 bridgehead atoms. The number of benzene rings is 1. The van der Waals surface area contributed by atoms with Gasteiger partial charge >= 0.3 is 5.97 Å². The van der Waals surface area contributed by atoms with Gasteiger partial charge in [-0.05, 0) is 55.6 Å². The summed E-state index contributed by atoms with van der Waals surface area (Å²) in [5, 5.41) is 9.33. The predicted molar refractivity (Wildman–Crippen MR) is 104 cm³/mol. The van der Waals surface area contributed by atoms with Crippen molar-refractivity contribution < 1.29 is 19.4 Å². The first kappa shape index (κ1) is 19.9. The molecule has 1 aliphatic carbocycles. The third kappa shape index (κ3) is 5.32. The maximum Gasteiger partial charge on any atom is 0.335 e. The van der Waals surface area contributed by atoms with E-state index in [4.69, 9.17) is 4.74 Å². The minimum Gasteiger partial charge on any atom is -0.478 e. The summed E-state index contributed by atoms with van der Waals surface area (Å²) in [6.07, 6.45) is 7.56. The quantitative estimate of drug-likeness (QED) is 0.824. The zero-order valence-electron chi connectivity index (χ0n) is 16.2. The SMILES string of the molecule is CC1CCCCC1OCC(=O)N1CCC(Cc2ccccc2C(=O)O)CC1. The number of hydrogen-bond acceptors (Lipinski definition) is 3. The van der Waals surface area contributed by atoms with Crippen LogP contribution >= 0.6 is 0 Å². The number of ether oxygens (including phenoxy) is 1. The molecule has 1 aromatic rings. The summed E-state index contributed by atoms with van der Waals surface area (Å²) in [6, 6.07) is 7.23. The van der Waals surface area contributed by atoms with Crippen molar-refractivity contribution in [1.29, 1.82) is 0 Å². The first-order chi connectivity index (χ1) is 13.0. The second kappa shape index (κ2) is 9.36. The number of hydrogen-bond donors (Lipinski definition) is 1. The molecule has 1 saturated carbocycles. The fraction of sp³-hybridized carbons (Fsp3) is 0.636. The summed E-state index contributed by atoms with van der Waals surface area (Å²) in [4.78, 5) is 25.8. The molecule has 0 radical (unpaired) electrons. The Kier molecular flexibility index (Phi) is 6.89. The summed E-state index contributed by atoms with van der Waals surface area (Å²) in [5.41, 5.74) is 1.29. The lowest BCUT2D eigenvalue weighted by Crippen LogP contribution is -2.42. The lowest BCUT2D eigenvalue weighted by atomic mass is 9.88. The lowest BCUT2D eigenvalue weighted by molar-refractivity contribution is -0.141. The van der Waals surface area contributed by atoms with Crippen LogP contribution in [0.2, 0.25) is 0 Å². The number of amides is 1. The van der Waals surface area contributed by atoms with Gasteiger partial charge in [0.1, 0.15) is 6.61 Å². The number of nitrogens with zero attached hydrogens (tertiary/aromatic N) is 1. The van der Waals surface area contributed by atoms with Gasteiger partial charge in [-0.3, -0.25) is 4.79 Å². The van der Waals surface area contributed by atoms with E-state index in [2.05, 4.69) is 6.92 Å². The van der Waals surface area contributed by atoms with Gasteiger partial charge < -0.3 is 14.7 Å². The third-order valence-electron chi connectivity index (χ3n) is 6.18. The number of carbonyl (C=O) groups excluding carboxylic acids is 1. The van der Waals surface area contributed by atoms with Gasteiger partial charge in [-0.25, -0.2) is 4.79 Å². The van der Waals surface area contributed by atoms with E-state index in [0.29, 0.717) is 17.4 Å². The van der Waals surface area contributed by atoms with Crippen LogP contribution < -0.4 is 0 Å². The monoisotopic (exact) mass is 373 g/mol. The Hall–Kier alpha value is -1.88. The van der Waals surface area contributed by atoms with Crippen LogP contribution in [0.15, 0.2) is 24.3 Å². The fourth-order valence-corrected chi connectivity index (χ4v) is 4.40. The molecule has 148 valence electrons. The van der Waals surface area contributed by atoms with Gasteiger partial charge in [0.2, 0.25) is 5.91 Å². The second-order valence-corrected chi connectivity index (χ2v) is 8.10. The number of carbonyl (C=O) groups is 2. The topological polar surface area (TPSA) is 66.8 Å². The Morgan fingerprint density at radius 1 is 1.11 bits per heavy atom. The zero-order valence-corrected chi connectivity index (χ0v) is 16.2. The first-order valence-electron chi connectivity index (χ1n) is 10.2. The van der Waals surface area contributed by atoms with Crippen molar-refractivity contribution >= 4 is 11.9 Å². The average Bonchev–Trinajstić information content (AvgIpc) is 2.68. The van der Waals surface area contributed by atoms with Crippen LogP contribution in [0.1, 0.15) is 61.4 Å². The number of carboxylic acids is 1. The largest absolute Gasteiger partial charge is 0.478 e. The molecule has 5 nitrogen and oxygen atoms in total. The maximum absolute atomic E-state index is 12.5. The van der Waals surface area contributed by atoms with Gasteiger partial charge in [-0.2, -0.15) is 0 Å². The van der Waals surface area contributed by atoms with Crippen LogP contribution in [-0.2, 0) is 16.0 Å². The Bertz CT molecular complexity index is 651. The Balaban J connectivity index is 1.44. The van der Waals surface area contributed by atoms with Crippen LogP contribution in [0.3, 0.4) is 0 Å². The molecule has 5 heteroatoms. The Morgan fingerprint density at radius 2 is 1.81 bits per heavy atom. The van der Waals surface area contributed by atoms with E-state index >= 15 is 0 Å². The van der Waals surface area contributed by atoms with E-state index in [0.717, 1.165) is 44.3 Å². The number of carboxylic acid groups (broad SMARTS) is 1. The fourth-order valence-electron chi connectivity index (χ4n) is 4.40. The average molecular weight is 373 g/mol. The molecule has 1 heterocycles. The van der Waals surface area contributed by atoms with Gasteiger partial charge in [-0.15, -0.1) is 0 Å². The Morgan fingerprint density at radius 3 is 2.52 bits per heavy atom. The van der Waals surface area contributed by atoms with E-state index in [1.165, 1.54) is 19.3 Å². The van der Waals surface area contributed by atoms with Gasteiger partial charge in [0.15, 0.2) is 0 Å². The lowest BCUT2D eigenvalue weighted by Gasteiger charge is -2.33. The van der Waals surface area contributed by atoms with E-state index in [1.807, 2.05) is 17.0 Å². The van der Waals surface area contributed by atoms with Crippen LogP contribution in [0.5, 0.6) is 0 Å². The van der Waals surface area contributed by atoms with Crippen molar-refractivity contribution in [3.63, 3.8) is 0 Å². The summed E-state index contributed by atoms with van der Waals surface area (Å²) in [5.74, 6) is 0.199. The second-order valence-electron chi connectivity index (χ2n) is 8.10. The van der Waals surface area contributed by atoms with Gasteiger partial charge in [0, 0.05) is 13.1 Å². The molecular weight excluding hydrogens is 342 g/mol. The molecule has 0 aromatic heterocycles. The van der Waals surface area contributed by atoms with Crippen molar-refractivity contribution in [2.45, 2.75) is 58.0 Å². The molecule has 27 heavy (non-hydrogen) atoms. The minimum atomic E-state index is -0.868. The number of piperidine rings is 1. The van der Waals surface area contributed by atoms with E-state index in [9.17, 15) is 14.7 Å². The maximum atomic E-state index is 12.5. The molecule has 2 atom stereocenters. The van der Waals surface area contributed by atoms with E-state index < -0.39 is 5.97 Å². The highest BCUT2D eigenvalue weighted by molar-refractivity contribution is 5.89. The van der Waals surface area contributed by atoms with Gasteiger partial charge in [-0.1, -0.05) is 38.0 Å². The minimum absolute atomic E-state index is 0.0946. The molecule has 1 N–H and O–H groups in total. The molecule has 2 aliphatic rings. The molecule has 2 fully saturated rings. The van der Waals surface area contributed by atoms with Gasteiger partial charge in [0.05, 0.1) is 11.7 Å². The highest BCUT2D eigenvalue weighted by Gasteiger charge is 2.26. The zero-order chi connectivity index (χ0) is 19.2. The summed E-state index contributed by atoms with van der Waals surface area (Å²) < 4.78 is 5.92. The Labute approximate surface area is 161 Å².